The number of carbonyl (C=O) groups is 1. The Morgan fingerprint density at radius 1 is 1.35 bits per heavy atom. The Bertz CT molecular complexity index is 486. The Morgan fingerprint density at radius 2 is 2.15 bits per heavy atom. The first-order valence-corrected chi connectivity index (χ1v) is 7.35. The number of hydrogen-bond acceptors (Lipinski definition) is 5. The summed E-state index contributed by atoms with van der Waals surface area (Å²) in [7, 11) is 0. The molecule has 0 unspecified atom stereocenters. The van der Waals surface area contributed by atoms with E-state index in [1.807, 2.05) is 4.90 Å². The normalized spacial score (nSPS) is 23.1. The monoisotopic (exact) mass is 275 g/mol. The predicted molar refractivity (Wildman–Crippen MR) is 76.8 cm³/mol. The molecule has 3 heterocycles. The van der Waals surface area contributed by atoms with E-state index >= 15 is 0 Å². The van der Waals surface area contributed by atoms with Crippen LogP contribution in [0, 0.1) is 0 Å². The van der Waals surface area contributed by atoms with Gasteiger partial charge in [-0.2, -0.15) is 0 Å². The van der Waals surface area contributed by atoms with Gasteiger partial charge in [-0.1, -0.05) is 0 Å². The minimum atomic E-state index is 0.0156. The third-order valence-electron chi connectivity index (χ3n) is 4.01. The highest BCUT2D eigenvalue weighted by atomic mass is 16.2. The standard InChI is InChI=1S/C14H21N5O/c1-11-10-15-6-9-19(11)13(20)12-4-5-16-14(17-12)18-7-2-3-8-18/h4-5,11,15H,2-3,6-10H2,1H3/t11-/m0/s1. The Balaban J connectivity index is 1.78. The predicted octanol–water partition coefficient (Wildman–Crippen LogP) is 0.511. The molecule has 2 saturated heterocycles. The van der Waals surface area contributed by atoms with E-state index in [9.17, 15) is 4.79 Å². The van der Waals surface area contributed by atoms with Gasteiger partial charge in [0.15, 0.2) is 0 Å². The SMILES string of the molecule is C[C@H]1CNCCN1C(=O)c1ccnc(N2CCCC2)n1. The highest BCUT2D eigenvalue weighted by molar-refractivity contribution is 5.92. The summed E-state index contributed by atoms with van der Waals surface area (Å²) < 4.78 is 0. The van der Waals surface area contributed by atoms with Gasteiger partial charge in [-0.25, -0.2) is 9.97 Å². The molecule has 1 aromatic heterocycles. The van der Waals surface area contributed by atoms with Crippen LogP contribution in [0.3, 0.4) is 0 Å². The smallest absolute Gasteiger partial charge is 0.272 e. The molecule has 1 N–H and O–H groups in total. The number of rotatable bonds is 2. The van der Waals surface area contributed by atoms with E-state index in [0.29, 0.717) is 11.6 Å². The maximum absolute atomic E-state index is 12.6. The lowest BCUT2D eigenvalue weighted by atomic mass is 10.2. The summed E-state index contributed by atoms with van der Waals surface area (Å²) in [5, 5.41) is 3.29. The largest absolute Gasteiger partial charge is 0.341 e. The molecule has 6 nitrogen and oxygen atoms in total. The lowest BCUT2D eigenvalue weighted by Gasteiger charge is -2.33. The number of aromatic nitrogens is 2. The lowest BCUT2D eigenvalue weighted by molar-refractivity contribution is 0.0649. The van der Waals surface area contributed by atoms with Crippen LogP contribution in [0.15, 0.2) is 12.3 Å². The summed E-state index contributed by atoms with van der Waals surface area (Å²) in [6, 6.07) is 1.93. The molecule has 0 saturated carbocycles. The van der Waals surface area contributed by atoms with Crippen LogP contribution < -0.4 is 10.2 Å². The molecule has 1 amide bonds. The van der Waals surface area contributed by atoms with Gasteiger partial charge in [-0.05, 0) is 25.8 Å². The zero-order valence-corrected chi connectivity index (χ0v) is 11.9. The van der Waals surface area contributed by atoms with Crippen LogP contribution in [0.5, 0.6) is 0 Å². The van der Waals surface area contributed by atoms with Crippen molar-refractivity contribution in [3.05, 3.63) is 18.0 Å². The van der Waals surface area contributed by atoms with Crippen LogP contribution in [0.25, 0.3) is 0 Å². The second-order valence-electron chi connectivity index (χ2n) is 5.49. The minimum Gasteiger partial charge on any atom is -0.341 e. The van der Waals surface area contributed by atoms with Gasteiger partial charge in [0.25, 0.3) is 5.91 Å². The van der Waals surface area contributed by atoms with E-state index in [2.05, 4.69) is 27.1 Å². The Kier molecular flexibility index (Phi) is 3.82. The first-order chi connectivity index (χ1) is 9.75. The summed E-state index contributed by atoms with van der Waals surface area (Å²) in [6.45, 7) is 6.47. The summed E-state index contributed by atoms with van der Waals surface area (Å²) in [5.74, 6) is 0.706. The molecular formula is C14H21N5O. The van der Waals surface area contributed by atoms with Gasteiger partial charge in [-0.15, -0.1) is 0 Å². The van der Waals surface area contributed by atoms with Gasteiger partial charge in [0.05, 0.1) is 0 Å². The van der Waals surface area contributed by atoms with E-state index < -0.39 is 0 Å². The number of nitrogens with one attached hydrogen (secondary N) is 1. The molecule has 2 aliphatic heterocycles. The van der Waals surface area contributed by atoms with Crippen molar-refractivity contribution in [1.82, 2.24) is 20.2 Å². The summed E-state index contributed by atoms with van der Waals surface area (Å²) >= 11 is 0. The molecule has 0 radical (unpaired) electrons. The molecule has 20 heavy (non-hydrogen) atoms. The summed E-state index contributed by atoms with van der Waals surface area (Å²) in [4.78, 5) is 25.4. The van der Waals surface area contributed by atoms with Crippen molar-refractivity contribution < 1.29 is 4.79 Å². The minimum absolute atomic E-state index is 0.0156. The zero-order valence-electron chi connectivity index (χ0n) is 11.9. The Labute approximate surface area is 119 Å². The van der Waals surface area contributed by atoms with Crippen LogP contribution in [0.1, 0.15) is 30.3 Å². The molecule has 6 heteroatoms. The lowest BCUT2D eigenvalue weighted by Crippen LogP contribution is -2.52. The fourth-order valence-corrected chi connectivity index (χ4v) is 2.83. The number of nitrogens with zero attached hydrogens (tertiary/aromatic N) is 4. The van der Waals surface area contributed by atoms with E-state index in [4.69, 9.17) is 0 Å². The van der Waals surface area contributed by atoms with E-state index in [1.54, 1.807) is 12.3 Å². The topological polar surface area (TPSA) is 61.4 Å². The fourth-order valence-electron chi connectivity index (χ4n) is 2.83. The number of anilines is 1. The van der Waals surface area contributed by atoms with Gasteiger partial charge >= 0.3 is 0 Å². The van der Waals surface area contributed by atoms with Gasteiger partial charge < -0.3 is 15.1 Å². The van der Waals surface area contributed by atoms with Gasteiger partial charge in [0.2, 0.25) is 5.95 Å². The van der Waals surface area contributed by atoms with E-state index in [-0.39, 0.29) is 11.9 Å². The van der Waals surface area contributed by atoms with Crippen LogP contribution >= 0.6 is 0 Å². The average Bonchev–Trinajstić information content (AvgIpc) is 3.01. The molecule has 0 spiro atoms. The van der Waals surface area contributed by atoms with Crippen molar-refractivity contribution in [3.8, 4) is 0 Å². The molecular weight excluding hydrogens is 254 g/mol. The highest BCUT2D eigenvalue weighted by Gasteiger charge is 2.25. The maximum atomic E-state index is 12.6. The van der Waals surface area contributed by atoms with Gasteiger partial charge in [0, 0.05) is 45.0 Å². The molecule has 0 aliphatic carbocycles. The van der Waals surface area contributed by atoms with Crippen LogP contribution in [0.2, 0.25) is 0 Å². The van der Waals surface area contributed by atoms with Crippen molar-refractivity contribution >= 4 is 11.9 Å². The molecule has 108 valence electrons. The average molecular weight is 275 g/mol. The molecule has 0 bridgehead atoms. The molecule has 0 aromatic carbocycles. The van der Waals surface area contributed by atoms with Gasteiger partial charge in [-0.3, -0.25) is 4.79 Å². The molecule has 1 aromatic rings. The number of carbonyl (C=O) groups excluding carboxylic acids is 1. The molecule has 1 atom stereocenters. The third-order valence-corrected chi connectivity index (χ3v) is 4.01. The number of piperazine rings is 1. The summed E-state index contributed by atoms with van der Waals surface area (Å²) in [6.07, 6.45) is 4.05. The number of hydrogen-bond donors (Lipinski definition) is 1. The fraction of sp³-hybridized carbons (Fsp3) is 0.643. The van der Waals surface area contributed by atoms with Crippen LogP contribution in [-0.4, -0.2) is 59.5 Å². The van der Waals surface area contributed by atoms with E-state index in [1.165, 1.54) is 12.8 Å². The zero-order chi connectivity index (χ0) is 13.9. The van der Waals surface area contributed by atoms with Crippen molar-refractivity contribution in [2.75, 3.05) is 37.6 Å². The summed E-state index contributed by atoms with van der Waals surface area (Å²) in [5.41, 5.74) is 0.510. The Hall–Kier alpha value is -1.69. The number of amides is 1. The van der Waals surface area contributed by atoms with Gasteiger partial charge in [0.1, 0.15) is 5.69 Å². The van der Waals surface area contributed by atoms with Crippen molar-refractivity contribution in [2.45, 2.75) is 25.8 Å². The molecule has 2 aliphatic rings. The second-order valence-corrected chi connectivity index (χ2v) is 5.49. The molecule has 2 fully saturated rings. The first kappa shape index (κ1) is 13.3. The third kappa shape index (κ3) is 2.60. The quantitative estimate of drug-likeness (QED) is 0.852. The maximum Gasteiger partial charge on any atom is 0.272 e. The first-order valence-electron chi connectivity index (χ1n) is 7.35. The highest BCUT2D eigenvalue weighted by Crippen LogP contribution is 2.16. The van der Waals surface area contributed by atoms with E-state index in [0.717, 1.165) is 32.7 Å². The van der Waals surface area contributed by atoms with Crippen molar-refractivity contribution in [1.29, 1.82) is 0 Å². The van der Waals surface area contributed by atoms with Crippen molar-refractivity contribution in [2.24, 2.45) is 0 Å². The second kappa shape index (κ2) is 5.75. The Morgan fingerprint density at radius 3 is 2.90 bits per heavy atom. The van der Waals surface area contributed by atoms with Crippen molar-refractivity contribution in [3.63, 3.8) is 0 Å². The molecule has 3 rings (SSSR count). The van der Waals surface area contributed by atoms with Crippen LogP contribution in [-0.2, 0) is 0 Å². The van der Waals surface area contributed by atoms with Crippen LogP contribution in [0.4, 0.5) is 5.95 Å².